The van der Waals surface area contributed by atoms with Crippen LogP contribution in [-0.4, -0.2) is 29.6 Å². The van der Waals surface area contributed by atoms with E-state index in [1.165, 1.54) is 5.19 Å². The van der Waals surface area contributed by atoms with Crippen LogP contribution in [0, 0.1) is 0 Å². The van der Waals surface area contributed by atoms with Gasteiger partial charge in [0.2, 0.25) is 0 Å². The minimum absolute atomic E-state index is 0.645. The summed E-state index contributed by atoms with van der Waals surface area (Å²) in [5, 5.41) is 1.39. The molecule has 1 aromatic rings. The summed E-state index contributed by atoms with van der Waals surface area (Å²) in [6.45, 7) is 15.0. The number of hydrogen-bond donors (Lipinski definition) is 0. The third kappa shape index (κ3) is 5.37. The van der Waals surface area contributed by atoms with Crippen LogP contribution in [0.15, 0.2) is 24.3 Å². The lowest BCUT2D eigenvalue weighted by molar-refractivity contribution is 0.213. The smallest absolute Gasteiger partial charge is 0.183 e. The quantitative estimate of drug-likeness (QED) is 0.587. The fraction of sp³-hybridized carbons (Fsp3) is 0.571. The van der Waals surface area contributed by atoms with Gasteiger partial charge in [-0.15, -0.1) is 0 Å². The second kappa shape index (κ2) is 6.04. The van der Waals surface area contributed by atoms with E-state index in [1.54, 1.807) is 0 Å². The Hall–Kier alpha value is -0.586. The molecule has 0 aliphatic carbocycles. The van der Waals surface area contributed by atoms with E-state index in [4.69, 9.17) is 9.16 Å². The molecule has 0 saturated heterocycles. The Balaban J connectivity index is 2.58. The number of hydrogen-bond acceptors (Lipinski definition) is 2. The van der Waals surface area contributed by atoms with Gasteiger partial charge in [0, 0.05) is 0 Å². The van der Waals surface area contributed by atoms with Gasteiger partial charge in [0.25, 0.3) is 0 Å². The molecule has 0 unspecified atom stereocenters. The van der Waals surface area contributed by atoms with Crippen molar-refractivity contribution < 1.29 is 9.16 Å². The molecular weight excluding hydrogens is 256 g/mol. The summed E-state index contributed by atoms with van der Waals surface area (Å²) in [5.74, 6) is 1.04. The Morgan fingerprint density at radius 3 is 2.06 bits per heavy atom. The Morgan fingerprint density at radius 1 is 0.889 bits per heavy atom. The van der Waals surface area contributed by atoms with Crippen LogP contribution in [0.1, 0.15) is 0 Å². The van der Waals surface area contributed by atoms with Crippen molar-refractivity contribution in [1.29, 1.82) is 0 Å². The first-order chi connectivity index (χ1) is 8.20. The molecule has 0 N–H and O–H groups in total. The first-order valence-electron chi connectivity index (χ1n) is 6.56. The minimum Gasteiger partial charge on any atom is -0.491 e. The van der Waals surface area contributed by atoms with E-state index in [-0.39, 0.29) is 0 Å². The maximum atomic E-state index is 5.89. The van der Waals surface area contributed by atoms with E-state index < -0.39 is 16.4 Å². The summed E-state index contributed by atoms with van der Waals surface area (Å²) >= 11 is 0. The summed E-state index contributed by atoms with van der Waals surface area (Å²) in [5.41, 5.74) is 0. The van der Waals surface area contributed by atoms with Crippen molar-refractivity contribution >= 4 is 21.6 Å². The van der Waals surface area contributed by atoms with Crippen LogP contribution in [0.4, 0.5) is 0 Å². The van der Waals surface area contributed by atoms with Crippen LogP contribution >= 0.6 is 0 Å². The molecule has 2 nitrogen and oxygen atoms in total. The highest BCUT2D eigenvalue weighted by atomic mass is 28.4. The standard InChI is InChI=1S/C14H26O2Si2/c1-17(2,3)14-10-8-7-9-13(14)15-11-12-16-18(4,5)6/h7-10H,11-12H2,1-6H3. The van der Waals surface area contributed by atoms with Crippen molar-refractivity contribution in [3.8, 4) is 5.75 Å². The van der Waals surface area contributed by atoms with Crippen molar-refractivity contribution in [3.05, 3.63) is 24.3 Å². The molecule has 0 heterocycles. The molecule has 0 fully saturated rings. The van der Waals surface area contributed by atoms with E-state index in [9.17, 15) is 0 Å². The van der Waals surface area contributed by atoms with Crippen molar-refractivity contribution in [3.63, 3.8) is 0 Å². The largest absolute Gasteiger partial charge is 0.491 e. The molecule has 0 amide bonds. The van der Waals surface area contributed by atoms with Crippen LogP contribution < -0.4 is 9.92 Å². The zero-order valence-corrected chi connectivity index (χ0v) is 14.5. The molecule has 0 radical (unpaired) electrons. The number of ether oxygens (including phenoxy) is 1. The molecule has 102 valence electrons. The predicted octanol–water partition coefficient (Wildman–Crippen LogP) is 3.46. The summed E-state index contributed by atoms with van der Waals surface area (Å²) in [4.78, 5) is 0. The van der Waals surface area contributed by atoms with Crippen LogP contribution in [0.25, 0.3) is 0 Å². The van der Waals surface area contributed by atoms with Crippen molar-refractivity contribution in [1.82, 2.24) is 0 Å². The van der Waals surface area contributed by atoms with Gasteiger partial charge in [-0.2, -0.15) is 0 Å². The maximum Gasteiger partial charge on any atom is 0.183 e. The minimum atomic E-state index is -1.42. The zero-order valence-electron chi connectivity index (χ0n) is 12.5. The molecule has 0 aliphatic rings. The predicted molar refractivity (Wildman–Crippen MR) is 84.2 cm³/mol. The van der Waals surface area contributed by atoms with E-state index in [0.717, 1.165) is 5.75 Å². The van der Waals surface area contributed by atoms with E-state index in [1.807, 2.05) is 6.07 Å². The lowest BCUT2D eigenvalue weighted by atomic mass is 10.3. The lowest BCUT2D eigenvalue weighted by Gasteiger charge is -2.22. The van der Waals surface area contributed by atoms with Gasteiger partial charge < -0.3 is 9.16 Å². The van der Waals surface area contributed by atoms with Crippen LogP contribution in [-0.2, 0) is 4.43 Å². The summed E-state index contributed by atoms with van der Waals surface area (Å²) in [6, 6.07) is 8.40. The maximum absolute atomic E-state index is 5.89. The monoisotopic (exact) mass is 282 g/mol. The molecule has 1 rings (SSSR count). The molecule has 0 aromatic heterocycles. The number of rotatable bonds is 6. The first kappa shape index (κ1) is 15.5. The highest BCUT2D eigenvalue weighted by Crippen LogP contribution is 2.14. The summed E-state index contributed by atoms with van der Waals surface area (Å²) in [7, 11) is -2.75. The van der Waals surface area contributed by atoms with Gasteiger partial charge in [0.15, 0.2) is 8.32 Å². The van der Waals surface area contributed by atoms with E-state index >= 15 is 0 Å². The Morgan fingerprint density at radius 2 is 1.50 bits per heavy atom. The lowest BCUT2D eigenvalue weighted by Crippen LogP contribution is -2.39. The van der Waals surface area contributed by atoms with E-state index in [0.29, 0.717) is 13.2 Å². The highest BCUT2D eigenvalue weighted by molar-refractivity contribution is 6.89. The third-order valence-electron chi connectivity index (χ3n) is 2.57. The van der Waals surface area contributed by atoms with Crippen molar-refractivity contribution in [2.75, 3.05) is 13.2 Å². The van der Waals surface area contributed by atoms with Crippen molar-refractivity contribution in [2.45, 2.75) is 39.3 Å². The van der Waals surface area contributed by atoms with Gasteiger partial charge >= 0.3 is 0 Å². The molecule has 0 aliphatic heterocycles. The molecular formula is C14H26O2Si2. The molecule has 18 heavy (non-hydrogen) atoms. The van der Waals surface area contributed by atoms with Gasteiger partial charge in [0.1, 0.15) is 12.4 Å². The Kier molecular flexibility index (Phi) is 5.19. The molecule has 1 aromatic carbocycles. The molecule has 0 bridgehead atoms. The second-order valence-corrected chi connectivity index (χ2v) is 16.1. The van der Waals surface area contributed by atoms with E-state index in [2.05, 4.69) is 57.5 Å². The third-order valence-corrected chi connectivity index (χ3v) is 5.67. The summed E-state index contributed by atoms with van der Waals surface area (Å²) < 4.78 is 11.7. The molecule has 0 atom stereocenters. The number of para-hydroxylation sites is 1. The van der Waals surface area contributed by atoms with Gasteiger partial charge in [-0.25, -0.2) is 0 Å². The fourth-order valence-electron chi connectivity index (χ4n) is 1.71. The van der Waals surface area contributed by atoms with Gasteiger partial charge in [-0.05, 0) is 30.9 Å². The molecule has 0 spiro atoms. The average molecular weight is 283 g/mol. The average Bonchev–Trinajstić information content (AvgIpc) is 2.22. The Bertz CT molecular complexity index is 378. The summed E-state index contributed by atoms with van der Waals surface area (Å²) in [6.07, 6.45) is 0. The number of benzene rings is 1. The SMILES string of the molecule is C[Si](C)(C)OCCOc1ccccc1[Si](C)(C)C. The Labute approximate surface area is 113 Å². The zero-order chi connectivity index (χ0) is 13.8. The normalized spacial score (nSPS) is 12.6. The van der Waals surface area contributed by atoms with Gasteiger partial charge in [-0.3, -0.25) is 0 Å². The fourth-order valence-corrected chi connectivity index (χ4v) is 3.90. The highest BCUT2D eigenvalue weighted by Gasteiger charge is 2.20. The molecule has 0 saturated carbocycles. The topological polar surface area (TPSA) is 18.5 Å². The van der Waals surface area contributed by atoms with Crippen LogP contribution in [0.3, 0.4) is 0 Å². The first-order valence-corrected chi connectivity index (χ1v) is 13.5. The van der Waals surface area contributed by atoms with Gasteiger partial charge in [-0.1, -0.05) is 37.8 Å². The van der Waals surface area contributed by atoms with Crippen molar-refractivity contribution in [2.24, 2.45) is 0 Å². The van der Waals surface area contributed by atoms with Crippen LogP contribution in [0.5, 0.6) is 5.75 Å². The van der Waals surface area contributed by atoms with Gasteiger partial charge in [0.05, 0.1) is 14.7 Å². The molecule has 4 heteroatoms. The van der Waals surface area contributed by atoms with Crippen LogP contribution in [0.2, 0.25) is 39.3 Å². The second-order valence-electron chi connectivity index (χ2n) is 6.56.